The van der Waals surface area contributed by atoms with Crippen LogP contribution in [-0.2, 0) is 38.7 Å². The number of methoxy groups -OCH3 is 2. The Morgan fingerprint density at radius 2 is 1.15 bits per heavy atom. The molecule has 352 valence electrons. The summed E-state index contributed by atoms with van der Waals surface area (Å²) >= 11 is 3.10. The zero-order valence-electron chi connectivity index (χ0n) is 37.8. The fourth-order valence-corrected chi connectivity index (χ4v) is 9.84. The molecule has 8 rings (SSSR count). The third kappa shape index (κ3) is 11.1. The van der Waals surface area contributed by atoms with Crippen molar-refractivity contribution in [2.75, 3.05) is 24.9 Å². The number of hydrogen-bond acceptors (Lipinski definition) is 20. The Hall–Kier alpha value is -7.32. The smallest absolute Gasteiger partial charge is 0.383 e. The van der Waals surface area contributed by atoms with Crippen LogP contribution in [0.5, 0.6) is 11.5 Å². The van der Waals surface area contributed by atoms with Gasteiger partial charge in [-0.2, -0.15) is 0 Å². The van der Waals surface area contributed by atoms with Gasteiger partial charge < -0.3 is 30.0 Å². The van der Waals surface area contributed by atoms with Crippen LogP contribution in [0, 0.1) is 12.3 Å². The topological polar surface area (TPSA) is 252 Å². The van der Waals surface area contributed by atoms with E-state index in [9.17, 15) is 31.5 Å². The molecule has 0 unspecified atom stereocenters. The molecular weight excluding hydrogens is 953 g/mol. The minimum absolute atomic E-state index is 0.0381. The second-order valence-electron chi connectivity index (χ2n) is 16.2. The van der Waals surface area contributed by atoms with Gasteiger partial charge in [0.2, 0.25) is 0 Å². The number of sulfone groups is 2. The van der Waals surface area contributed by atoms with Gasteiger partial charge in [-0.15, -0.1) is 29.1 Å². The van der Waals surface area contributed by atoms with Crippen molar-refractivity contribution in [3.05, 3.63) is 96.7 Å². The van der Waals surface area contributed by atoms with Gasteiger partial charge in [0.25, 0.3) is 0 Å². The SMILES string of the molecule is C#CC(=O)OC.CC(C)(C)S(=O)(=O)c1cc2c(Nc3ccc4scnc4c3)ncnc2cc1O.COC(=O)/C=C/Oc1cc2ncnc(Nc3ccc4scnc4c3)c2cc1S(=O)(=O)C(C)(C)C. The lowest BCUT2D eigenvalue weighted by molar-refractivity contribution is -0.135. The largest absolute Gasteiger partial charge is 0.507 e. The van der Waals surface area contributed by atoms with E-state index in [0.29, 0.717) is 33.4 Å². The minimum atomic E-state index is -3.83. The predicted octanol–water partition coefficient (Wildman–Crippen LogP) is 8.67. The highest BCUT2D eigenvalue weighted by Crippen LogP contribution is 2.39. The van der Waals surface area contributed by atoms with Crippen LogP contribution in [0.3, 0.4) is 0 Å². The summed E-state index contributed by atoms with van der Waals surface area (Å²) in [4.78, 5) is 46.6. The number of fused-ring (bicyclic) bond motifs is 4. The van der Waals surface area contributed by atoms with Crippen molar-refractivity contribution < 1.29 is 45.7 Å². The maximum atomic E-state index is 13.4. The zero-order valence-corrected chi connectivity index (χ0v) is 41.0. The molecule has 18 nitrogen and oxygen atoms in total. The van der Waals surface area contributed by atoms with Gasteiger partial charge in [-0.1, -0.05) is 0 Å². The van der Waals surface area contributed by atoms with E-state index in [0.717, 1.165) is 44.1 Å². The number of ether oxygens (including phenoxy) is 3. The number of carbonyl (C=O) groups excluding carboxylic acids is 2. The molecule has 68 heavy (non-hydrogen) atoms. The van der Waals surface area contributed by atoms with Gasteiger partial charge >= 0.3 is 11.9 Å². The van der Waals surface area contributed by atoms with Crippen molar-refractivity contribution in [3.63, 3.8) is 0 Å². The first kappa shape index (κ1) is 50.1. The first-order chi connectivity index (χ1) is 32.1. The van der Waals surface area contributed by atoms with Gasteiger partial charge in [-0.05, 0) is 90.1 Å². The summed E-state index contributed by atoms with van der Waals surface area (Å²) in [7, 11) is -5.11. The van der Waals surface area contributed by atoms with E-state index in [4.69, 9.17) is 4.74 Å². The van der Waals surface area contributed by atoms with Crippen LogP contribution >= 0.6 is 22.7 Å². The molecule has 0 radical (unpaired) electrons. The predicted molar refractivity (Wildman–Crippen MR) is 263 cm³/mol. The molecule has 0 atom stereocenters. The second-order valence-corrected chi connectivity index (χ2v) is 23.3. The highest BCUT2D eigenvalue weighted by molar-refractivity contribution is 7.93. The van der Waals surface area contributed by atoms with E-state index in [1.165, 1.54) is 51.1 Å². The van der Waals surface area contributed by atoms with Crippen LogP contribution in [0.4, 0.5) is 23.0 Å². The van der Waals surface area contributed by atoms with Crippen molar-refractivity contribution in [1.29, 1.82) is 0 Å². The third-order valence-corrected chi connectivity index (χ3v) is 16.3. The highest BCUT2D eigenvalue weighted by Gasteiger charge is 2.35. The summed E-state index contributed by atoms with van der Waals surface area (Å²) in [5, 5.41) is 17.7. The number of esters is 2. The number of aromatic nitrogens is 6. The average molecular weight is 997 g/mol. The number of benzene rings is 4. The average Bonchev–Trinajstić information content (AvgIpc) is 3.97. The number of hydrogen-bond donors (Lipinski definition) is 3. The van der Waals surface area contributed by atoms with Crippen LogP contribution < -0.4 is 15.4 Å². The van der Waals surface area contributed by atoms with Gasteiger partial charge in [0, 0.05) is 40.2 Å². The molecule has 0 aliphatic carbocycles. The molecule has 0 fully saturated rings. The Balaban J connectivity index is 0.000000203. The van der Waals surface area contributed by atoms with Crippen molar-refractivity contribution in [2.45, 2.75) is 60.8 Å². The van der Waals surface area contributed by atoms with Crippen LogP contribution in [-0.4, -0.2) is 87.5 Å². The maximum Gasteiger partial charge on any atom is 0.383 e. The summed E-state index contributed by atoms with van der Waals surface area (Å²) in [6.45, 7) is 9.58. The molecule has 0 aliphatic heterocycles. The van der Waals surface area contributed by atoms with Crippen LogP contribution in [0.15, 0.2) is 106 Å². The molecule has 3 N–H and O–H groups in total. The summed E-state index contributed by atoms with van der Waals surface area (Å²) < 4.78 is 66.6. The lowest BCUT2D eigenvalue weighted by Gasteiger charge is -2.21. The molecule has 22 heteroatoms. The fraction of sp³-hybridized carbons (Fsp3) is 0.217. The minimum Gasteiger partial charge on any atom is -0.507 e. The van der Waals surface area contributed by atoms with Gasteiger partial charge in [-0.25, -0.2) is 56.3 Å². The Labute approximate surface area is 399 Å². The van der Waals surface area contributed by atoms with Crippen molar-refractivity contribution >= 4 is 120 Å². The number of anilines is 4. The summed E-state index contributed by atoms with van der Waals surface area (Å²) in [5.41, 5.74) is 7.68. The Bertz CT molecular complexity index is 3500. The molecule has 0 spiro atoms. The maximum absolute atomic E-state index is 13.4. The molecule has 4 heterocycles. The lowest BCUT2D eigenvalue weighted by Crippen LogP contribution is -2.28. The summed E-state index contributed by atoms with van der Waals surface area (Å²) in [6.07, 6.45) is 9.43. The number of carbonyl (C=O) groups is 2. The molecule has 8 aromatic rings. The molecule has 4 aromatic heterocycles. The number of phenolic OH excluding ortho intramolecular Hbond substituents is 1. The van der Waals surface area contributed by atoms with Gasteiger partial charge in [-0.3, -0.25) is 0 Å². The van der Waals surface area contributed by atoms with E-state index in [1.54, 1.807) is 81.2 Å². The number of nitrogens with one attached hydrogen (secondary N) is 2. The van der Waals surface area contributed by atoms with E-state index in [2.05, 4.69) is 56.4 Å². The Morgan fingerprint density at radius 1 is 0.662 bits per heavy atom. The number of rotatable bonds is 9. The number of phenols is 1. The number of thiazole rings is 2. The first-order valence-corrected chi connectivity index (χ1v) is 24.7. The van der Waals surface area contributed by atoms with Crippen LogP contribution in [0.2, 0.25) is 0 Å². The van der Waals surface area contributed by atoms with Gasteiger partial charge in [0.05, 0.1) is 78.5 Å². The molecule has 0 aliphatic rings. The summed E-state index contributed by atoms with van der Waals surface area (Å²) in [6, 6.07) is 17.3. The fourth-order valence-electron chi connectivity index (χ4n) is 5.95. The highest BCUT2D eigenvalue weighted by atomic mass is 32.2. The van der Waals surface area contributed by atoms with Crippen molar-refractivity contribution in [1.82, 2.24) is 29.9 Å². The second kappa shape index (κ2) is 20.3. The monoisotopic (exact) mass is 996 g/mol. The van der Waals surface area contributed by atoms with E-state index >= 15 is 0 Å². The quantitative estimate of drug-likeness (QED) is 0.0402. The standard InChI is InChI=1S/C23H22N4O5S2.C19H18N4O3S2.C4H4O2/c1-23(2,3)34(29,30)20-10-15-16(11-18(20)32-8-7-21(28)31-4)24-12-25-22(15)27-14-5-6-19-17(9-14)26-13-33-19;1-19(2,3)28(25,26)17-7-12-13(8-15(17)24)20-9-21-18(12)23-11-4-5-16-14(6-11)22-10-27-16;1-3-4(5)6-2/h5-13H,1-4H3,(H,24,25,27);4-10,24H,1-3H3,(H,20,21,23);1H,2H3/b8-7+;;. The Morgan fingerprint density at radius 3 is 1.60 bits per heavy atom. The van der Waals surface area contributed by atoms with Gasteiger partial charge in [0.1, 0.15) is 45.6 Å². The Kier molecular flexibility index (Phi) is 14.9. The zero-order chi connectivity index (χ0) is 49.6. The molecule has 4 aromatic carbocycles. The molecule has 0 bridgehead atoms. The molecule has 0 amide bonds. The number of nitrogens with zero attached hydrogens (tertiary/aromatic N) is 6. The number of aromatic hydroxyl groups is 1. The van der Waals surface area contributed by atoms with Crippen molar-refractivity contribution in [2.24, 2.45) is 0 Å². The van der Waals surface area contributed by atoms with Gasteiger partial charge in [0.15, 0.2) is 19.7 Å². The first-order valence-electron chi connectivity index (χ1n) is 20.0. The van der Waals surface area contributed by atoms with Crippen LogP contribution in [0.1, 0.15) is 41.5 Å². The normalized spacial score (nSPS) is 11.9. The van der Waals surface area contributed by atoms with Crippen molar-refractivity contribution in [3.8, 4) is 23.8 Å². The summed E-state index contributed by atoms with van der Waals surface area (Å²) in [5.74, 6) is 1.09. The van der Waals surface area contributed by atoms with Crippen LogP contribution in [0.25, 0.3) is 42.2 Å². The molecule has 0 saturated heterocycles. The third-order valence-electron chi connectivity index (χ3n) is 9.70. The van der Waals surface area contributed by atoms with E-state index in [-0.39, 0.29) is 21.3 Å². The molecular formula is C46H44N8O10S4. The number of terminal acetylenes is 1. The van der Waals surface area contributed by atoms with E-state index < -0.39 is 41.1 Å². The lowest BCUT2D eigenvalue weighted by atomic mass is 10.2. The molecule has 0 saturated carbocycles. The van der Waals surface area contributed by atoms with E-state index in [1.807, 2.05) is 36.4 Å².